The van der Waals surface area contributed by atoms with Gasteiger partial charge in [-0.2, -0.15) is 0 Å². The van der Waals surface area contributed by atoms with Crippen LogP contribution >= 0.6 is 0 Å². The summed E-state index contributed by atoms with van der Waals surface area (Å²) in [6.07, 6.45) is 0. The first-order chi connectivity index (χ1) is 15.5. The van der Waals surface area contributed by atoms with Crippen LogP contribution in [0.4, 0.5) is 26.2 Å². The molecule has 0 bridgehead atoms. The summed E-state index contributed by atoms with van der Waals surface area (Å²) in [7, 11) is 0. The maximum Gasteiger partial charge on any atom is 0.323 e. The highest BCUT2D eigenvalue weighted by Crippen LogP contribution is 2.21. The second-order valence-corrected chi connectivity index (χ2v) is 7.73. The summed E-state index contributed by atoms with van der Waals surface area (Å²) in [6.45, 7) is 4.75. The minimum atomic E-state index is -0.438. The first-order valence-corrected chi connectivity index (χ1v) is 10.5. The highest BCUT2D eigenvalue weighted by Gasteiger charge is 2.23. The van der Waals surface area contributed by atoms with E-state index in [0.29, 0.717) is 24.5 Å². The molecule has 32 heavy (non-hydrogen) atoms. The second-order valence-electron chi connectivity index (χ2n) is 7.73. The van der Waals surface area contributed by atoms with Crippen LogP contribution in [-0.4, -0.2) is 43.0 Å². The Hall–Kier alpha value is -3.87. The van der Waals surface area contributed by atoms with Crippen LogP contribution < -0.4 is 15.5 Å². The van der Waals surface area contributed by atoms with Crippen LogP contribution in [0.2, 0.25) is 0 Å². The van der Waals surface area contributed by atoms with Gasteiger partial charge in [0.15, 0.2) is 0 Å². The molecule has 0 atom stereocenters. The third kappa shape index (κ3) is 5.06. The van der Waals surface area contributed by atoms with E-state index in [2.05, 4.69) is 15.5 Å². The van der Waals surface area contributed by atoms with Crippen molar-refractivity contribution < 1.29 is 14.0 Å². The summed E-state index contributed by atoms with van der Waals surface area (Å²) in [4.78, 5) is 29.0. The largest absolute Gasteiger partial charge is 0.368 e. The van der Waals surface area contributed by atoms with Crippen LogP contribution in [0.25, 0.3) is 0 Å². The molecule has 0 aliphatic carbocycles. The van der Waals surface area contributed by atoms with Gasteiger partial charge >= 0.3 is 6.03 Å². The zero-order chi connectivity index (χ0) is 22.5. The SMILES string of the molecule is Cc1ccccc1C(=O)N1CCN(c2ccc(NC(=O)Nc3cccc(F)c3)cc2)CC1. The van der Waals surface area contributed by atoms with E-state index >= 15 is 0 Å². The van der Waals surface area contributed by atoms with E-state index in [1.54, 1.807) is 6.07 Å². The van der Waals surface area contributed by atoms with E-state index in [1.165, 1.54) is 18.2 Å². The van der Waals surface area contributed by atoms with Gasteiger partial charge in [0, 0.05) is 48.8 Å². The van der Waals surface area contributed by atoms with Gasteiger partial charge in [0.25, 0.3) is 5.91 Å². The number of benzene rings is 3. The lowest BCUT2D eigenvalue weighted by atomic mass is 10.1. The Balaban J connectivity index is 1.30. The third-order valence-corrected chi connectivity index (χ3v) is 5.52. The van der Waals surface area contributed by atoms with Gasteiger partial charge in [0.2, 0.25) is 0 Å². The number of nitrogens with zero attached hydrogens (tertiary/aromatic N) is 2. The molecule has 1 aliphatic heterocycles. The van der Waals surface area contributed by atoms with Crippen LogP contribution in [0.3, 0.4) is 0 Å². The lowest BCUT2D eigenvalue weighted by Crippen LogP contribution is -2.48. The molecular weight excluding hydrogens is 407 g/mol. The Labute approximate surface area is 186 Å². The van der Waals surface area contributed by atoms with Gasteiger partial charge in [-0.15, -0.1) is 0 Å². The second kappa shape index (κ2) is 9.51. The number of nitrogens with one attached hydrogen (secondary N) is 2. The number of carbonyl (C=O) groups excluding carboxylic acids is 2. The van der Waals surface area contributed by atoms with Gasteiger partial charge in [-0.3, -0.25) is 4.79 Å². The van der Waals surface area contributed by atoms with E-state index in [4.69, 9.17) is 0 Å². The Bertz CT molecular complexity index is 1110. The standard InChI is InChI=1S/C25H25FN4O2/c1-18-5-2-3-8-23(18)24(31)30-15-13-29(14-16-30)22-11-9-20(10-12-22)27-25(32)28-21-7-4-6-19(26)17-21/h2-12,17H,13-16H2,1H3,(H2,27,28,32). The van der Waals surface area contributed by atoms with Crippen molar-refractivity contribution in [1.29, 1.82) is 0 Å². The highest BCUT2D eigenvalue weighted by molar-refractivity contribution is 5.99. The average molecular weight is 432 g/mol. The van der Waals surface area contributed by atoms with Gasteiger partial charge in [-0.05, 0) is 61.0 Å². The van der Waals surface area contributed by atoms with Crippen LogP contribution in [0.15, 0.2) is 72.8 Å². The van der Waals surface area contributed by atoms with Gasteiger partial charge in [-0.1, -0.05) is 24.3 Å². The monoisotopic (exact) mass is 432 g/mol. The minimum Gasteiger partial charge on any atom is -0.368 e. The number of piperazine rings is 1. The van der Waals surface area contributed by atoms with E-state index in [-0.39, 0.29) is 5.91 Å². The first-order valence-electron chi connectivity index (χ1n) is 10.5. The molecule has 1 saturated heterocycles. The molecule has 0 radical (unpaired) electrons. The number of hydrogen-bond acceptors (Lipinski definition) is 3. The molecule has 4 rings (SSSR count). The predicted octanol–water partition coefficient (Wildman–Crippen LogP) is 4.74. The lowest BCUT2D eigenvalue weighted by Gasteiger charge is -2.36. The fourth-order valence-electron chi connectivity index (χ4n) is 3.77. The number of urea groups is 1. The van der Waals surface area contributed by atoms with Gasteiger partial charge in [0.05, 0.1) is 0 Å². The Morgan fingerprint density at radius 1 is 0.812 bits per heavy atom. The van der Waals surface area contributed by atoms with Crippen molar-refractivity contribution in [3.63, 3.8) is 0 Å². The first kappa shape index (κ1) is 21.4. The van der Waals surface area contributed by atoms with Crippen LogP contribution in [0.1, 0.15) is 15.9 Å². The van der Waals surface area contributed by atoms with E-state index in [9.17, 15) is 14.0 Å². The summed E-state index contributed by atoms with van der Waals surface area (Å²) < 4.78 is 13.2. The molecule has 7 heteroatoms. The molecular formula is C25H25FN4O2. The molecule has 164 valence electrons. The van der Waals surface area contributed by atoms with Gasteiger partial charge in [-0.25, -0.2) is 9.18 Å². The number of carbonyl (C=O) groups is 2. The molecule has 3 aromatic carbocycles. The van der Waals surface area contributed by atoms with E-state index in [0.717, 1.165) is 29.9 Å². The molecule has 0 unspecified atom stereocenters. The zero-order valence-electron chi connectivity index (χ0n) is 17.8. The maximum absolute atomic E-state index is 13.2. The smallest absolute Gasteiger partial charge is 0.323 e. The summed E-state index contributed by atoms with van der Waals surface area (Å²) in [5.41, 5.74) is 3.80. The Kier molecular flexibility index (Phi) is 6.35. The molecule has 3 aromatic rings. The van der Waals surface area contributed by atoms with Gasteiger partial charge in [0.1, 0.15) is 5.82 Å². The fraction of sp³-hybridized carbons (Fsp3) is 0.200. The summed E-state index contributed by atoms with van der Waals surface area (Å²) >= 11 is 0. The minimum absolute atomic E-state index is 0.0756. The predicted molar refractivity (Wildman–Crippen MR) is 125 cm³/mol. The molecule has 1 aliphatic rings. The highest BCUT2D eigenvalue weighted by atomic mass is 19.1. The van der Waals surface area contributed by atoms with Crippen molar-refractivity contribution in [1.82, 2.24) is 4.90 Å². The number of aryl methyl sites for hydroxylation is 1. The maximum atomic E-state index is 13.2. The van der Waals surface area contributed by atoms with Crippen LogP contribution in [-0.2, 0) is 0 Å². The zero-order valence-corrected chi connectivity index (χ0v) is 17.8. The molecule has 0 spiro atoms. The summed E-state index contributed by atoms with van der Waals surface area (Å²) in [6, 6.07) is 20.5. The van der Waals surface area contributed by atoms with Crippen molar-refractivity contribution in [3.05, 3.63) is 89.7 Å². The quantitative estimate of drug-likeness (QED) is 0.626. The normalized spacial score (nSPS) is 13.6. The van der Waals surface area contributed by atoms with Crippen molar-refractivity contribution in [3.8, 4) is 0 Å². The Morgan fingerprint density at radius 2 is 1.50 bits per heavy atom. The van der Waals surface area contributed by atoms with Crippen molar-refractivity contribution in [2.24, 2.45) is 0 Å². The molecule has 2 N–H and O–H groups in total. The number of anilines is 3. The van der Waals surface area contributed by atoms with E-state index in [1.807, 2.05) is 60.4 Å². The topological polar surface area (TPSA) is 64.7 Å². The number of halogens is 1. The van der Waals surface area contributed by atoms with Crippen molar-refractivity contribution >= 4 is 29.0 Å². The molecule has 1 fully saturated rings. The summed E-state index contributed by atoms with van der Waals surface area (Å²) in [5.74, 6) is -0.334. The molecule has 0 aromatic heterocycles. The Morgan fingerprint density at radius 3 is 2.19 bits per heavy atom. The van der Waals surface area contributed by atoms with Crippen molar-refractivity contribution in [2.45, 2.75) is 6.92 Å². The van der Waals surface area contributed by atoms with Crippen LogP contribution in [0.5, 0.6) is 0 Å². The van der Waals surface area contributed by atoms with Crippen molar-refractivity contribution in [2.75, 3.05) is 41.7 Å². The molecule has 6 nitrogen and oxygen atoms in total. The van der Waals surface area contributed by atoms with Gasteiger partial charge < -0.3 is 20.4 Å². The number of hydrogen-bond donors (Lipinski definition) is 2. The number of amides is 3. The average Bonchev–Trinajstić information content (AvgIpc) is 2.79. The lowest BCUT2D eigenvalue weighted by molar-refractivity contribution is 0.0746. The molecule has 1 heterocycles. The van der Waals surface area contributed by atoms with E-state index < -0.39 is 11.8 Å². The molecule has 3 amide bonds. The molecule has 0 saturated carbocycles. The third-order valence-electron chi connectivity index (χ3n) is 5.52. The number of rotatable bonds is 4. The van der Waals surface area contributed by atoms with Crippen LogP contribution in [0, 0.1) is 12.7 Å². The summed E-state index contributed by atoms with van der Waals surface area (Å²) in [5, 5.41) is 5.35. The fourth-order valence-corrected chi connectivity index (χ4v) is 3.77.